The number of hydrogen-bond acceptors (Lipinski definition) is 1. The minimum absolute atomic E-state index is 0.385. The average Bonchev–Trinajstić information content (AvgIpc) is 2.08. The van der Waals surface area contributed by atoms with Gasteiger partial charge in [-0.05, 0) is 12.3 Å². The molecular weight excluding hydrogens is 176 g/mol. The van der Waals surface area contributed by atoms with Gasteiger partial charge >= 0.3 is 5.97 Å². The van der Waals surface area contributed by atoms with Gasteiger partial charge in [-0.3, -0.25) is 0 Å². The lowest BCUT2D eigenvalue weighted by Crippen LogP contribution is -2.09. The average molecular weight is 196 g/mol. The fourth-order valence-corrected chi connectivity index (χ4v) is 2.18. The summed E-state index contributed by atoms with van der Waals surface area (Å²) in [6.45, 7) is 3.60. The third-order valence-corrected chi connectivity index (χ3v) is 3.06. The van der Waals surface area contributed by atoms with Crippen molar-refractivity contribution in [1.82, 2.24) is 0 Å². The monoisotopic (exact) mass is 196 g/mol. The fourth-order valence-electron chi connectivity index (χ4n) is 2.18. The number of aliphatic carboxylic acids is 1. The summed E-state index contributed by atoms with van der Waals surface area (Å²) in [6, 6.07) is 0. The molecule has 2 nitrogen and oxygen atoms in total. The van der Waals surface area contributed by atoms with E-state index in [1.807, 2.05) is 0 Å². The van der Waals surface area contributed by atoms with Crippen molar-refractivity contribution >= 4 is 5.97 Å². The first kappa shape index (κ1) is 11.3. The molecule has 0 amide bonds. The van der Waals surface area contributed by atoms with E-state index >= 15 is 0 Å². The van der Waals surface area contributed by atoms with Gasteiger partial charge in [-0.15, -0.1) is 0 Å². The van der Waals surface area contributed by atoms with Crippen LogP contribution in [-0.4, -0.2) is 11.1 Å². The Morgan fingerprint density at radius 1 is 1.14 bits per heavy atom. The van der Waals surface area contributed by atoms with Crippen molar-refractivity contribution < 1.29 is 9.90 Å². The van der Waals surface area contributed by atoms with Crippen LogP contribution in [-0.2, 0) is 4.79 Å². The number of carboxylic acid groups (broad SMARTS) is 1. The molecule has 1 fully saturated rings. The van der Waals surface area contributed by atoms with Crippen molar-refractivity contribution in [2.24, 2.45) is 5.92 Å². The van der Waals surface area contributed by atoms with E-state index in [2.05, 4.69) is 6.58 Å². The molecule has 14 heavy (non-hydrogen) atoms. The van der Waals surface area contributed by atoms with Gasteiger partial charge in [0.1, 0.15) is 0 Å². The molecule has 0 heterocycles. The molecule has 0 atom stereocenters. The lowest BCUT2D eigenvalue weighted by molar-refractivity contribution is -0.132. The molecular formula is C12H20O2. The summed E-state index contributed by atoms with van der Waals surface area (Å²) in [5, 5.41) is 8.74. The third kappa shape index (κ3) is 3.95. The predicted molar refractivity (Wildman–Crippen MR) is 57.2 cm³/mol. The highest BCUT2D eigenvalue weighted by Gasteiger charge is 2.15. The molecule has 1 saturated carbocycles. The van der Waals surface area contributed by atoms with Gasteiger partial charge in [0, 0.05) is 5.57 Å². The third-order valence-electron chi connectivity index (χ3n) is 3.06. The van der Waals surface area contributed by atoms with Crippen molar-refractivity contribution in [2.75, 3.05) is 0 Å². The van der Waals surface area contributed by atoms with E-state index in [0.29, 0.717) is 17.9 Å². The molecule has 1 rings (SSSR count). The van der Waals surface area contributed by atoms with Gasteiger partial charge in [0.2, 0.25) is 0 Å². The van der Waals surface area contributed by atoms with Crippen LogP contribution >= 0.6 is 0 Å². The maximum Gasteiger partial charge on any atom is 0.330 e. The molecule has 0 aromatic rings. The second-order valence-corrected chi connectivity index (χ2v) is 4.32. The van der Waals surface area contributed by atoms with Crippen LogP contribution in [0.15, 0.2) is 12.2 Å². The molecule has 0 aliphatic heterocycles. The summed E-state index contributed by atoms with van der Waals surface area (Å²) in [6.07, 6.45) is 9.57. The van der Waals surface area contributed by atoms with Crippen LogP contribution in [0.25, 0.3) is 0 Å². The molecule has 2 heteroatoms. The number of rotatable bonds is 3. The summed E-state index contributed by atoms with van der Waals surface area (Å²) < 4.78 is 0. The Labute approximate surface area is 86.0 Å². The van der Waals surface area contributed by atoms with Crippen LogP contribution in [0.5, 0.6) is 0 Å². The fraction of sp³-hybridized carbons (Fsp3) is 0.750. The quantitative estimate of drug-likeness (QED) is 0.702. The molecule has 0 aromatic heterocycles. The van der Waals surface area contributed by atoms with Crippen molar-refractivity contribution in [3.8, 4) is 0 Å². The van der Waals surface area contributed by atoms with E-state index in [1.165, 1.54) is 44.9 Å². The van der Waals surface area contributed by atoms with E-state index in [0.717, 1.165) is 0 Å². The largest absolute Gasteiger partial charge is 0.478 e. The first-order chi connectivity index (χ1) is 6.70. The second-order valence-electron chi connectivity index (χ2n) is 4.32. The van der Waals surface area contributed by atoms with Gasteiger partial charge in [-0.1, -0.05) is 51.5 Å². The Morgan fingerprint density at radius 2 is 1.64 bits per heavy atom. The van der Waals surface area contributed by atoms with Crippen LogP contribution in [0, 0.1) is 5.92 Å². The zero-order valence-electron chi connectivity index (χ0n) is 8.80. The highest BCUT2D eigenvalue weighted by atomic mass is 16.4. The lowest BCUT2D eigenvalue weighted by Gasteiger charge is -2.19. The van der Waals surface area contributed by atoms with Crippen LogP contribution in [0.1, 0.15) is 51.4 Å². The van der Waals surface area contributed by atoms with Crippen molar-refractivity contribution in [2.45, 2.75) is 51.4 Å². The zero-order chi connectivity index (χ0) is 10.4. The summed E-state index contributed by atoms with van der Waals surface area (Å²) in [5.41, 5.74) is 0.385. The normalized spacial score (nSPS) is 19.7. The number of carbonyl (C=O) groups is 1. The minimum atomic E-state index is -0.827. The Hall–Kier alpha value is -0.790. The minimum Gasteiger partial charge on any atom is -0.478 e. The van der Waals surface area contributed by atoms with E-state index < -0.39 is 5.97 Å². The van der Waals surface area contributed by atoms with E-state index in [-0.39, 0.29) is 0 Å². The van der Waals surface area contributed by atoms with Crippen molar-refractivity contribution in [1.29, 1.82) is 0 Å². The van der Waals surface area contributed by atoms with Gasteiger partial charge < -0.3 is 5.11 Å². The smallest absolute Gasteiger partial charge is 0.330 e. The standard InChI is InChI=1S/C12H20O2/c1-10(12(13)14)9-11-7-5-3-2-4-6-8-11/h11H,1-9H2,(H,13,14). The van der Waals surface area contributed by atoms with Crippen LogP contribution < -0.4 is 0 Å². The number of hydrogen-bond donors (Lipinski definition) is 1. The Morgan fingerprint density at radius 3 is 2.14 bits per heavy atom. The van der Waals surface area contributed by atoms with Gasteiger partial charge in [0.25, 0.3) is 0 Å². The first-order valence-electron chi connectivity index (χ1n) is 5.61. The molecule has 1 N–H and O–H groups in total. The van der Waals surface area contributed by atoms with Gasteiger partial charge in [-0.25, -0.2) is 4.79 Å². The van der Waals surface area contributed by atoms with Crippen molar-refractivity contribution in [3.05, 3.63) is 12.2 Å². The highest BCUT2D eigenvalue weighted by molar-refractivity contribution is 5.85. The maximum absolute atomic E-state index is 10.6. The van der Waals surface area contributed by atoms with Crippen LogP contribution in [0.2, 0.25) is 0 Å². The van der Waals surface area contributed by atoms with E-state index in [1.54, 1.807) is 0 Å². The zero-order valence-corrected chi connectivity index (χ0v) is 8.80. The van der Waals surface area contributed by atoms with E-state index in [4.69, 9.17) is 5.11 Å². The number of carboxylic acids is 1. The van der Waals surface area contributed by atoms with Gasteiger partial charge in [0.15, 0.2) is 0 Å². The van der Waals surface area contributed by atoms with Crippen molar-refractivity contribution in [3.63, 3.8) is 0 Å². The Balaban J connectivity index is 2.33. The molecule has 0 spiro atoms. The maximum atomic E-state index is 10.6. The van der Waals surface area contributed by atoms with Crippen LogP contribution in [0.3, 0.4) is 0 Å². The molecule has 0 bridgehead atoms. The summed E-state index contributed by atoms with van der Waals surface area (Å²) >= 11 is 0. The van der Waals surface area contributed by atoms with Gasteiger partial charge in [0.05, 0.1) is 0 Å². The van der Waals surface area contributed by atoms with Crippen LogP contribution in [0.4, 0.5) is 0 Å². The molecule has 0 saturated heterocycles. The Kier molecular flexibility index (Phi) is 4.71. The highest BCUT2D eigenvalue weighted by Crippen LogP contribution is 2.26. The molecule has 1 aliphatic rings. The summed E-state index contributed by atoms with van der Waals surface area (Å²) in [4.78, 5) is 10.6. The first-order valence-corrected chi connectivity index (χ1v) is 5.61. The SMILES string of the molecule is C=C(CC1CCCCCCC1)C(=O)O. The Bertz CT molecular complexity index is 200. The van der Waals surface area contributed by atoms with E-state index in [9.17, 15) is 4.79 Å². The second kappa shape index (κ2) is 5.84. The summed E-state index contributed by atoms with van der Waals surface area (Å²) in [7, 11) is 0. The molecule has 1 aliphatic carbocycles. The molecule has 80 valence electrons. The van der Waals surface area contributed by atoms with Gasteiger partial charge in [-0.2, -0.15) is 0 Å². The molecule has 0 unspecified atom stereocenters. The lowest BCUT2D eigenvalue weighted by atomic mass is 9.87. The molecule has 0 aromatic carbocycles. The summed E-state index contributed by atoms with van der Waals surface area (Å²) in [5.74, 6) is -0.258. The topological polar surface area (TPSA) is 37.3 Å². The molecule has 0 radical (unpaired) electrons. The predicted octanol–water partition coefficient (Wildman–Crippen LogP) is 3.38.